The second-order valence-electron chi connectivity index (χ2n) is 8.67. The molecule has 0 saturated carbocycles. The molecule has 3 aliphatic heterocycles. The van der Waals surface area contributed by atoms with E-state index in [-0.39, 0.29) is 23.4 Å². The van der Waals surface area contributed by atoms with Crippen LogP contribution in [-0.2, 0) is 9.47 Å². The number of aryl methyl sites for hydroxylation is 2. The Balaban J connectivity index is 1.45. The number of anilines is 1. The summed E-state index contributed by atoms with van der Waals surface area (Å²) in [5, 5.41) is 0. The third-order valence-corrected chi connectivity index (χ3v) is 6.51. The lowest BCUT2D eigenvalue weighted by atomic mass is 9.99. The highest BCUT2D eigenvalue weighted by Gasteiger charge is 2.40. The molecule has 32 heavy (non-hydrogen) atoms. The van der Waals surface area contributed by atoms with Crippen LogP contribution in [0.5, 0.6) is 0 Å². The second kappa shape index (κ2) is 8.15. The van der Waals surface area contributed by atoms with E-state index in [0.29, 0.717) is 36.6 Å². The number of carbonyl (C=O) groups is 3. The van der Waals surface area contributed by atoms with Crippen molar-refractivity contribution in [2.45, 2.75) is 45.4 Å². The monoisotopic (exact) mass is 434 g/mol. The van der Waals surface area contributed by atoms with Gasteiger partial charge in [0.05, 0.1) is 36.1 Å². The van der Waals surface area contributed by atoms with Crippen LogP contribution in [-0.4, -0.2) is 54.7 Å². The number of benzene rings is 2. The number of ether oxygens (including phenoxy) is 2. The Kier molecular flexibility index (Phi) is 5.31. The number of rotatable bonds is 3. The van der Waals surface area contributed by atoms with Crippen LogP contribution in [0.25, 0.3) is 0 Å². The van der Waals surface area contributed by atoms with Crippen molar-refractivity contribution in [2.75, 3.05) is 24.7 Å². The molecule has 0 spiro atoms. The second-order valence-corrected chi connectivity index (χ2v) is 8.67. The summed E-state index contributed by atoms with van der Waals surface area (Å²) in [4.78, 5) is 42.7. The van der Waals surface area contributed by atoms with Gasteiger partial charge in [0, 0.05) is 12.1 Å². The molecule has 0 aliphatic carbocycles. The third-order valence-electron chi connectivity index (χ3n) is 6.51. The van der Waals surface area contributed by atoms with E-state index in [4.69, 9.17) is 9.47 Å². The molecule has 7 heteroatoms. The number of carbonyl (C=O) groups excluding carboxylic acids is 3. The minimum Gasteiger partial charge on any atom is -0.348 e. The molecule has 1 atom stereocenters. The lowest BCUT2D eigenvalue weighted by molar-refractivity contribution is -0.100. The van der Waals surface area contributed by atoms with E-state index in [1.165, 1.54) is 4.90 Å². The van der Waals surface area contributed by atoms with Gasteiger partial charge in [-0.25, -0.2) is 4.90 Å². The SMILES string of the molecule is Cc1ccc(C)c(N2C(=O)c3ccc(C(=O)N4CCCCC4C4OCCO4)cc3C2=O)c1. The van der Waals surface area contributed by atoms with Crippen molar-refractivity contribution >= 4 is 23.4 Å². The summed E-state index contributed by atoms with van der Waals surface area (Å²) in [5.74, 6) is -0.922. The van der Waals surface area contributed by atoms with Gasteiger partial charge in [-0.2, -0.15) is 0 Å². The fourth-order valence-corrected chi connectivity index (χ4v) is 4.81. The van der Waals surface area contributed by atoms with E-state index in [9.17, 15) is 14.4 Å². The number of fused-ring (bicyclic) bond motifs is 1. The highest BCUT2D eigenvalue weighted by Crippen LogP contribution is 2.33. The average Bonchev–Trinajstić information content (AvgIpc) is 3.42. The molecule has 3 heterocycles. The molecule has 5 rings (SSSR count). The molecular weight excluding hydrogens is 408 g/mol. The molecule has 3 aliphatic rings. The van der Waals surface area contributed by atoms with Crippen LogP contribution in [0.2, 0.25) is 0 Å². The number of imide groups is 1. The van der Waals surface area contributed by atoms with Gasteiger partial charge in [0.1, 0.15) is 0 Å². The third kappa shape index (κ3) is 3.42. The van der Waals surface area contributed by atoms with E-state index < -0.39 is 12.2 Å². The van der Waals surface area contributed by atoms with Crippen molar-refractivity contribution in [3.63, 3.8) is 0 Å². The number of nitrogens with zero attached hydrogens (tertiary/aromatic N) is 2. The first-order valence-corrected chi connectivity index (χ1v) is 11.1. The molecule has 166 valence electrons. The summed E-state index contributed by atoms with van der Waals surface area (Å²) in [6, 6.07) is 10.3. The molecule has 0 bridgehead atoms. The first kappa shape index (κ1) is 20.8. The maximum absolute atomic E-state index is 13.4. The van der Waals surface area contributed by atoms with Gasteiger partial charge < -0.3 is 14.4 Å². The Labute approximate surface area is 186 Å². The Hall–Kier alpha value is -3.03. The minimum atomic E-state index is -0.406. The van der Waals surface area contributed by atoms with Gasteiger partial charge in [0.2, 0.25) is 0 Å². The van der Waals surface area contributed by atoms with Crippen LogP contribution in [0.1, 0.15) is 61.5 Å². The zero-order valence-corrected chi connectivity index (χ0v) is 18.3. The zero-order valence-electron chi connectivity index (χ0n) is 18.3. The fourth-order valence-electron chi connectivity index (χ4n) is 4.81. The van der Waals surface area contributed by atoms with Crippen LogP contribution in [0.3, 0.4) is 0 Å². The van der Waals surface area contributed by atoms with Crippen LogP contribution in [0, 0.1) is 13.8 Å². The van der Waals surface area contributed by atoms with Gasteiger partial charge in [-0.1, -0.05) is 12.1 Å². The summed E-state index contributed by atoms with van der Waals surface area (Å²) in [7, 11) is 0. The fraction of sp³-hybridized carbons (Fsp3) is 0.400. The number of amides is 3. The standard InChI is InChI=1S/C25H26N2O5/c1-15-6-7-16(2)21(13-15)27-23(29)18-9-8-17(14-19(18)24(27)30)22(28)26-10-4-3-5-20(26)25-31-11-12-32-25/h6-9,13-14,20,25H,3-5,10-12H2,1-2H3. The van der Waals surface area contributed by atoms with Gasteiger partial charge in [-0.05, 0) is 68.5 Å². The summed E-state index contributed by atoms with van der Waals surface area (Å²) in [5.41, 5.74) is 3.38. The van der Waals surface area contributed by atoms with Crippen LogP contribution in [0.4, 0.5) is 5.69 Å². The highest BCUT2D eigenvalue weighted by atomic mass is 16.7. The minimum absolute atomic E-state index is 0.143. The number of piperidine rings is 1. The molecule has 1 unspecified atom stereocenters. The normalized spacial score (nSPS) is 21.4. The summed E-state index contributed by atoms with van der Waals surface area (Å²) in [6.45, 7) is 5.48. The largest absolute Gasteiger partial charge is 0.348 e. The topological polar surface area (TPSA) is 76.2 Å². The Bertz CT molecular complexity index is 1110. The lowest BCUT2D eigenvalue weighted by Crippen LogP contribution is -2.50. The lowest BCUT2D eigenvalue weighted by Gasteiger charge is -2.38. The molecule has 2 fully saturated rings. The number of likely N-dealkylation sites (tertiary alicyclic amines) is 1. The first-order chi connectivity index (χ1) is 15.5. The van der Waals surface area contributed by atoms with Crippen LogP contribution in [0.15, 0.2) is 36.4 Å². The van der Waals surface area contributed by atoms with E-state index in [1.54, 1.807) is 23.1 Å². The zero-order chi connectivity index (χ0) is 22.4. The van der Waals surface area contributed by atoms with Crippen molar-refractivity contribution in [3.8, 4) is 0 Å². The van der Waals surface area contributed by atoms with Crippen molar-refractivity contribution in [1.82, 2.24) is 4.90 Å². The van der Waals surface area contributed by atoms with Crippen molar-refractivity contribution in [2.24, 2.45) is 0 Å². The van der Waals surface area contributed by atoms with Gasteiger partial charge in [-0.15, -0.1) is 0 Å². The van der Waals surface area contributed by atoms with E-state index >= 15 is 0 Å². The smallest absolute Gasteiger partial charge is 0.266 e. The Morgan fingerprint density at radius 2 is 1.69 bits per heavy atom. The number of hydrogen-bond acceptors (Lipinski definition) is 5. The molecule has 3 amide bonds. The molecule has 0 radical (unpaired) electrons. The van der Waals surface area contributed by atoms with E-state index in [1.807, 2.05) is 32.0 Å². The maximum Gasteiger partial charge on any atom is 0.266 e. The predicted molar refractivity (Wildman–Crippen MR) is 118 cm³/mol. The van der Waals surface area contributed by atoms with Crippen molar-refractivity contribution < 1.29 is 23.9 Å². The van der Waals surface area contributed by atoms with Gasteiger partial charge >= 0.3 is 0 Å². The predicted octanol–water partition coefficient (Wildman–Crippen LogP) is 3.47. The first-order valence-electron chi connectivity index (χ1n) is 11.1. The maximum atomic E-state index is 13.4. The molecule has 2 aromatic carbocycles. The quantitative estimate of drug-likeness (QED) is 0.692. The molecule has 2 aromatic rings. The molecule has 7 nitrogen and oxygen atoms in total. The van der Waals surface area contributed by atoms with Gasteiger partial charge in [0.25, 0.3) is 17.7 Å². The Morgan fingerprint density at radius 1 is 0.938 bits per heavy atom. The van der Waals surface area contributed by atoms with Gasteiger partial charge in [-0.3, -0.25) is 14.4 Å². The molecular formula is C25H26N2O5. The van der Waals surface area contributed by atoms with Crippen LogP contribution < -0.4 is 4.90 Å². The molecule has 2 saturated heterocycles. The van der Waals surface area contributed by atoms with E-state index in [0.717, 1.165) is 30.4 Å². The van der Waals surface area contributed by atoms with Crippen LogP contribution >= 0.6 is 0 Å². The van der Waals surface area contributed by atoms with Crippen molar-refractivity contribution in [3.05, 3.63) is 64.2 Å². The number of hydrogen-bond donors (Lipinski definition) is 0. The summed E-state index contributed by atoms with van der Waals surface area (Å²) in [6.07, 6.45) is 2.34. The van der Waals surface area contributed by atoms with Crippen molar-refractivity contribution in [1.29, 1.82) is 0 Å². The highest BCUT2D eigenvalue weighted by molar-refractivity contribution is 6.35. The summed E-state index contributed by atoms with van der Waals surface area (Å²) >= 11 is 0. The summed E-state index contributed by atoms with van der Waals surface area (Å²) < 4.78 is 11.4. The average molecular weight is 434 g/mol. The van der Waals surface area contributed by atoms with E-state index in [2.05, 4.69) is 0 Å². The molecule has 0 aromatic heterocycles. The van der Waals surface area contributed by atoms with Gasteiger partial charge in [0.15, 0.2) is 6.29 Å². The molecule has 0 N–H and O–H groups in total. The Morgan fingerprint density at radius 3 is 2.47 bits per heavy atom.